The topological polar surface area (TPSA) is 70.6 Å². The molecular formula is C22H24N4O3S. The van der Waals surface area contributed by atoms with Gasteiger partial charge in [-0.05, 0) is 37.0 Å². The van der Waals surface area contributed by atoms with Gasteiger partial charge in [-0.1, -0.05) is 13.8 Å². The van der Waals surface area contributed by atoms with E-state index in [1.807, 2.05) is 17.8 Å². The summed E-state index contributed by atoms with van der Waals surface area (Å²) in [6.07, 6.45) is 3.86. The van der Waals surface area contributed by atoms with Gasteiger partial charge in [-0.25, -0.2) is 0 Å². The van der Waals surface area contributed by atoms with Gasteiger partial charge >= 0.3 is 0 Å². The highest BCUT2D eigenvalue weighted by Crippen LogP contribution is 2.35. The van der Waals surface area contributed by atoms with Crippen molar-refractivity contribution in [2.24, 2.45) is 18.0 Å². The fourth-order valence-corrected chi connectivity index (χ4v) is 5.17. The molecule has 0 unspecified atom stereocenters. The fourth-order valence-electron chi connectivity index (χ4n) is 4.04. The summed E-state index contributed by atoms with van der Waals surface area (Å²) < 4.78 is 15.3. The van der Waals surface area contributed by atoms with Crippen molar-refractivity contribution in [1.82, 2.24) is 14.3 Å². The Morgan fingerprint density at radius 3 is 2.83 bits per heavy atom. The maximum absolute atomic E-state index is 12.8. The van der Waals surface area contributed by atoms with Crippen LogP contribution in [0.25, 0.3) is 11.3 Å². The van der Waals surface area contributed by atoms with Crippen LogP contribution in [0.1, 0.15) is 34.8 Å². The van der Waals surface area contributed by atoms with Crippen LogP contribution < -0.4 is 14.3 Å². The van der Waals surface area contributed by atoms with Gasteiger partial charge in [-0.2, -0.15) is 10.1 Å². The molecule has 0 fully saturated rings. The van der Waals surface area contributed by atoms with E-state index in [0.29, 0.717) is 41.0 Å². The molecule has 1 aliphatic carbocycles. The van der Waals surface area contributed by atoms with Gasteiger partial charge in [0.25, 0.3) is 5.91 Å². The molecule has 1 amide bonds. The zero-order valence-electron chi connectivity index (χ0n) is 17.3. The van der Waals surface area contributed by atoms with Gasteiger partial charge in [-0.3, -0.25) is 9.48 Å². The Balaban J connectivity index is 1.51. The molecule has 3 heterocycles. The lowest BCUT2D eigenvalue weighted by Gasteiger charge is -2.18. The van der Waals surface area contributed by atoms with E-state index in [0.717, 1.165) is 30.6 Å². The largest absolute Gasteiger partial charge is 0.486 e. The molecule has 0 radical (unpaired) electrons. The number of fused-ring (bicyclic) bond motifs is 4. The molecule has 0 N–H and O–H groups in total. The van der Waals surface area contributed by atoms with Gasteiger partial charge in [0.1, 0.15) is 13.2 Å². The number of hydrogen-bond donors (Lipinski definition) is 0. The summed E-state index contributed by atoms with van der Waals surface area (Å²) in [7, 11) is 1.97. The summed E-state index contributed by atoms with van der Waals surface area (Å²) in [4.78, 5) is 19.2. The highest BCUT2D eigenvalue weighted by atomic mass is 32.1. The van der Waals surface area contributed by atoms with Crippen molar-refractivity contribution in [3.63, 3.8) is 0 Å². The van der Waals surface area contributed by atoms with Gasteiger partial charge in [0, 0.05) is 35.3 Å². The molecule has 2 aliphatic rings. The highest BCUT2D eigenvalue weighted by molar-refractivity contribution is 7.09. The summed E-state index contributed by atoms with van der Waals surface area (Å²) in [6.45, 7) is 6.33. The van der Waals surface area contributed by atoms with Crippen LogP contribution in [-0.4, -0.2) is 33.5 Å². The maximum atomic E-state index is 12.8. The molecule has 5 rings (SSSR count). The Morgan fingerprint density at radius 1 is 1.23 bits per heavy atom. The number of carbonyl (C=O) groups excluding carboxylic acids is 1. The zero-order chi connectivity index (χ0) is 20.8. The van der Waals surface area contributed by atoms with Crippen LogP contribution in [0.15, 0.2) is 29.4 Å². The molecule has 0 spiro atoms. The lowest BCUT2D eigenvalue weighted by molar-refractivity contribution is 0.0996. The van der Waals surface area contributed by atoms with Crippen LogP contribution in [0.5, 0.6) is 11.5 Å². The maximum Gasteiger partial charge on any atom is 0.279 e. The molecule has 0 bridgehead atoms. The number of amides is 1. The molecule has 1 aromatic carbocycles. The number of rotatable bonds is 3. The first kappa shape index (κ1) is 19.1. The van der Waals surface area contributed by atoms with E-state index >= 15 is 0 Å². The first-order valence-electron chi connectivity index (χ1n) is 10.2. The summed E-state index contributed by atoms with van der Waals surface area (Å²) in [5.74, 6) is 1.53. The number of benzene rings is 1. The molecule has 0 saturated heterocycles. The SMILES string of the molecule is CC(C)Cn1ncc2c1CCc1sc(=NC(=O)c3ccc4c(c3)OCCO4)n(C)c1-2. The predicted octanol–water partition coefficient (Wildman–Crippen LogP) is 3.22. The van der Waals surface area contributed by atoms with Crippen molar-refractivity contribution in [2.45, 2.75) is 33.2 Å². The van der Waals surface area contributed by atoms with Crippen molar-refractivity contribution in [3.05, 3.63) is 45.3 Å². The Labute approximate surface area is 178 Å². The number of nitrogens with zero attached hydrogens (tertiary/aromatic N) is 4. The molecule has 7 nitrogen and oxygen atoms in total. The Hall–Kier alpha value is -2.87. The Kier molecular flexibility index (Phi) is 4.73. The number of hydrogen-bond acceptors (Lipinski definition) is 5. The van der Waals surface area contributed by atoms with E-state index in [4.69, 9.17) is 9.47 Å². The lowest BCUT2D eigenvalue weighted by atomic mass is 10.00. The van der Waals surface area contributed by atoms with E-state index < -0.39 is 0 Å². The minimum atomic E-state index is -0.281. The third-order valence-corrected chi connectivity index (χ3v) is 6.61. The minimum absolute atomic E-state index is 0.281. The molecule has 156 valence electrons. The minimum Gasteiger partial charge on any atom is -0.486 e. The van der Waals surface area contributed by atoms with Crippen molar-refractivity contribution in [3.8, 4) is 22.8 Å². The van der Waals surface area contributed by atoms with Crippen molar-refractivity contribution in [1.29, 1.82) is 0 Å². The lowest BCUT2D eigenvalue weighted by Crippen LogP contribution is -2.17. The molecule has 1 aliphatic heterocycles. The van der Waals surface area contributed by atoms with Crippen molar-refractivity contribution >= 4 is 17.2 Å². The average Bonchev–Trinajstić information content (AvgIpc) is 3.28. The molecular weight excluding hydrogens is 400 g/mol. The van der Waals surface area contributed by atoms with Crippen molar-refractivity contribution < 1.29 is 14.3 Å². The van der Waals surface area contributed by atoms with Crippen LogP contribution >= 0.6 is 11.3 Å². The second-order valence-corrected chi connectivity index (χ2v) is 9.13. The number of aryl methyl sites for hydroxylation is 1. The molecule has 0 atom stereocenters. The number of aromatic nitrogens is 3. The van der Waals surface area contributed by atoms with Gasteiger partial charge < -0.3 is 14.0 Å². The van der Waals surface area contributed by atoms with E-state index in [1.165, 1.54) is 10.6 Å². The summed E-state index contributed by atoms with van der Waals surface area (Å²) in [6, 6.07) is 5.22. The molecule has 0 saturated carbocycles. The standard InChI is InChI=1S/C22H24N4O3S/c1-13(2)12-26-16-5-7-19-20(15(16)11-23-26)25(3)22(30-19)24-21(27)14-4-6-17-18(10-14)29-9-8-28-17/h4,6,10-11,13H,5,7-9,12H2,1-3H3. The fraction of sp³-hybridized carbons (Fsp3) is 0.409. The normalized spacial score (nSPS) is 15.3. The van der Waals surface area contributed by atoms with Crippen LogP contribution in [0, 0.1) is 5.92 Å². The average molecular weight is 425 g/mol. The number of thiazole rings is 1. The third-order valence-electron chi connectivity index (χ3n) is 5.42. The number of carbonyl (C=O) groups is 1. The van der Waals surface area contributed by atoms with Gasteiger partial charge in [0.2, 0.25) is 0 Å². The molecule has 30 heavy (non-hydrogen) atoms. The van der Waals surface area contributed by atoms with Crippen LogP contribution in [0.4, 0.5) is 0 Å². The quantitative estimate of drug-likeness (QED) is 0.647. The summed E-state index contributed by atoms with van der Waals surface area (Å²) in [5.41, 5.74) is 4.05. The zero-order valence-corrected chi connectivity index (χ0v) is 18.2. The van der Waals surface area contributed by atoms with Crippen LogP contribution in [0.2, 0.25) is 0 Å². The second kappa shape index (κ2) is 7.43. The van der Waals surface area contributed by atoms with Gasteiger partial charge in [-0.15, -0.1) is 11.3 Å². The van der Waals surface area contributed by atoms with E-state index in [-0.39, 0.29) is 5.91 Å². The molecule has 8 heteroatoms. The van der Waals surface area contributed by atoms with E-state index in [2.05, 4.69) is 28.6 Å². The Bertz CT molecular complexity index is 1200. The monoisotopic (exact) mass is 424 g/mol. The third kappa shape index (κ3) is 3.25. The first-order chi connectivity index (χ1) is 14.5. The number of ether oxygens (including phenoxy) is 2. The van der Waals surface area contributed by atoms with E-state index in [1.54, 1.807) is 29.5 Å². The van der Waals surface area contributed by atoms with Gasteiger partial charge in [0.05, 0.1) is 11.9 Å². The smallest absolute Gasteiger partial charge is 0.279 e. The molecule has 2 aromatic heterocycles. The predicted molar refractivity (Wildman–Crippen MR) is 114 cm³/mol. The Morgan fingerprint density at radius 2 is 2.03 bits per heavy atom. The van der Waals surface area contributed by atoms with Crippen LogP contribution in [0.3, 0.4) is 0 Å². The highest BCUT2D eigenvalue weighted by Gasteiger charge is 2.25. The van der Waals surface area contributed by atoms with Crippen LogP contribution in [-0.2, 0) is 26.4 Å². The van der Waals surface area contributed by atoms with Crippen molar-refractivity contribution in [2.75, 3.05) is 13.2 Å². The van der Waals surface area contributed by atoms with Gasteiger partial charge in [0.15, 0.2) is 16.3 Å². The summed E-state index contributed by atoms with van der Waals surface area (Å²) in [5, 5.41) is 4.62. The second-order valence-electron chi connectivity index (χ2n) is 8.07. The van der Waals surface area contributed by atoms with E-state index in [9.17, 15) is 4.79 Å². The molecule has 3 aromatic rings. The summed E-state index contributed by atoms with van der Waals surface area (Å²) >= 11 is 1.58. The first-order valence-corrected chi connectivity index (χ1v) is 11.1.